The summed E-state index contributed by atoms with van der Waals surface area (Å²) in [6, 6.07) is 1.32. The van der Waals surface area contributed by atoms with Crippen molar-refractivity contribution in [1.82, 2.24) is 15.2 Å². The summed E-state index contributed by atoms with van der Waals surface area (Å²) >= 11 is 12.8. The van der Waals surface area contributed by atoms with Crippen molar-refractivity contribution in [1.29, 1.82) is 0 Å². The van der Waals surface area contributed by atoms with Crippen LogP contribution in [0, 0.1) is 0 Å². The van der Waals surface area contributed by atoms with Gasteiger partial charge in [-0.2, -0.15) is 0 Å². The van der Waals surface area contributed by atoms with Crippen molar-refractivity contribution in [3.8, 4) is 5.75 Å². The fourth-order valence-electron chi connectivity index (χ4n) is 3.99. The molecule has 30 heavy (non-hydrogen) atoms. The van der Waals surface area contributed by atoms with Crippen molar-refractivity contribution in [2.24, 2.45) is 0 Å². The molecular formula is C20H22Cl2N4O4. The lowest BCUT2D eigenvalue weighted by Gasteiger charge is -2.20. The third-order valence-corrected chi connectivity index (χ3v) is 6.44. The number of carbonyl (C=O) groups is 2. The highest BCUT2D eigenvalue weighted by molar-refractivity contribution is 6.46. The van der Waals surface area contributed by atoms with Gasteiger partial charge in [0.2, 0.25) is 11.8 Å². The summed E-state index contributed by atoms with van der Waals surface area (Å²) in [7, 11) is 1.50. The molecule has 0 aliphatic carbocycles. The molecular weight excluding hydrogens is 431 g/mol. The lowest BCUT2D eigenvalue weighted by Crippen LogP contribution is -2.38. The van der Waals surface area contributed by atoms with Gasteiger partial charge in [0.1, 0.15) is 29.2 Å². The molecule has 2 aromatic rings. The minimum Gasteiger partial charge on any atom is -0.495 e. The summed E-state index contributed by atoms with van der Waals surface area (Å²) in [5.41, 5.74) is 2.10. The van der Waals surface area contributed by atoms with E-state index in [1.54, 1.807) is 11.0 Å². The third kappa shape index (κ3) is 3.64. The monoisotopic (exact) mass is 452 g/mol. The van der Waals surface area contributed by atoms with E-state index in [2.05, 4.69) is 10.6 Å². The van der Waals surface area contributed by atoms with E-state index in [9.17, 15) is 14.7 Å². The molecule has 0 unspecified atom stereocenters. The second kappa shape index (κ2) is 8.45. The number of rotatable bonds is 4. The van der Waals surface area contributed by atoms with E-state index in [0.29, 0.717) is 36.6 Å². The number of halogens is 2. The summed E-state index contributed by atoms with van der Waals surface area (Å²) in [4.78, 5) is 30.8. The van der Waals surface area contributed by atoms with E-state index in [-0.39, 0.29) is 28.4 Å². The van der Waals surface area contributed by atoms with Crippen LogP contribution in [0.1, 0.15) is 30.4 Å². The highest BCUT2D eigenvalue weighted by Crippen LogP contribution is 2.43. The maximum absolute atomic E-state index is 12.4. The number of carbonyl (C=O) groups excluding carboxylic acids is 2. The maximum Gasteiger partial charge on any atom is 0.248 e. The van der Waals surface area contributed by atoms with Crippen LogP contribution in [-0.4, -0.2) is 53.1 Å². The molecule has 8 nitrogen and oxygen atoms in total. The number of aliphatic hydroxyl groups excluding tert-OH is 1. The number of hydrogen-bond acceptors (Lipinski definition) is 6. The van der Waals surface area contributed by atoms with Gasteiger partial charge in [0.05, 0.1) is 24.2 Å². The number of ether oxygens (including phenoxy) is 1. The first-order valence-corrected chi connectivity index (χ1v) is 10.5. The summed E-state index contributed by atoms with van der Waals surface area (Å²) in [5.74, 6) is 0.442. The van der Waals surface area contributed by atoms with Gasteiger partial charge in [-0.3, -0.25) is 9.59 Å². The summed E-state index contributed by atoms with van der Waals surface area (Å²) in [6.07, 6.45) is 2.51. The molecule has 2 aliphatic heterocycles. The molecule has 4 rings (SSSR count). The predicted molar refractivity (Wildman–Crippen MR) is 114 cm³/mol. The largest absolute Gasteiger partial charge is 0.495 e. The van der Waals surface area contributed by atoms with Crippen LogP contribution in [-0.2, 0) is 22.7 Å². The zero-order valence-electron chi connectivity index (χ0n) is 16.4. The summed E-state index contributed by atoms with van der Waals surface area (Å²) in [6.45, 7) is 0.640. The fraction of sp³-hybridized carbons (Fsp3) is 0.450. The van der Waals surface area contributed by atoms with Crippen molar-refractivity contribution in [3.63, 3.8) is 0 Å². The number of benzene rings is 1. The van der Waals surface area contributed by atoms with Crippen molar-refractivity contribution >= 4 is 51.7 Å². The Morgan fingerprint density at radius 2 is 2.10 bits per heavy atom. The Hall–Kier alpha value is -2.29. The van der Waals surface area contributed by atoms with Crippen LogP contribution in [0.4, 0.5) is 5.82 Å². The third-order valence-electron chi connectivity index (χ3n) is 5.60. The number of aromatic nitrogens is 1. The molecule has 160 valence electrons. The number of hydrogen-bond donors (Lipinski definition) is 3. The highest BCUT2D eigenvalue weighted by Gasteiger charge is 2.31. The average Bonchev–Trinajstić information content (AvgIpc) is 3.10. The smallest absolute Gasteiger partial charge is 0.248 e. The lowest BCUT2D eigenvalue weighted by atomic mass is 10.0. The quantitative estimate of drug-likeness (QED) is 0.657. The summed E-state index contributed by atoms with van der Waals surface area (Å²) < 4.78 is 5.34. The van der Waals surface area contributed by atoms with E-state index >= 15 is 0 Å². The van der Waals surface area contributed by atoms with E-state index in [0.717, 1.165) is 29.4 Å². The molecule has 0 spiro atoms. The number of nitrogens with zero attached hydrogens (tertiary/aromatic N) is 2. The normalized spacial score (nSPS) is 18.7. The van der Waals surface area contributed by atoms with Gasteiger partial charge < -0.3 is 25.4 Å². The molecule has 0 bridgehead atoms. The van der Waals surface area contributed by atoms with E-state index in [1.807, 2.05) is 0 Å². The Morgan fingerprint density at radius 3 is 2.83 bits per heavy atom. The van der Waals surface area contributed by atoms with Crippen molar-refractivity contribution in [3.05, 3.63) is 27.2 Å². The second-order valence-electron chi connectivity index (χ2n) is 7.41. The first kappa shape index (κ1) is 21.0. The fourth-order valence-corrected chi connectivity index (χ4v) is 4.45. The maximum atomic E-state index is 12.4. The molecule has 2 aliphatic rings. The molecule has 2 amide bonds. The Balaban J connectivity index is 1.85. The van der Waals surface area contributed by atoms with Crippen LogP contribution in [0.3, 0.4) is 0 Å². The average molecular weight is 453 g/mol. The molecule has 1 atom stereocenters. The van der Waals surface area contributed by atoms with Crippen molar-refractivity contribution < 1.29 is 19.4 Å². The van der Waals surface area contributed by atoms with Crippen LogP contribution in [0.5, 0.6) is 5.75 Å². The zero-order chi connectivity index (χ0) is 21.4. The molecule has 1 aromatic heterocycles. The Labute approximate surface area is 183 Å². The summed E-state index contributed by atoms with van der Waals surface area (Å²) in [5, 5.41) is 16.7. The molecule has 1 fully saturated rings. The SMILES string of the molecule is COc1cc2c3c(c(N[C@H]4CCCCNC4=O)nc2c(Cl)c1Cl)CN(C(=O)CO)C3. The van der Waals surface area contributed by atoms with E-state index in [1.165, 1.54) is 7.11 Å². The number of amides is 2. The Kier molecular flexibility index (Phi) is 5.90. The van der Waals surface area contributed by atoms with Gasteiger partial charge in [-0.05, 0) is 30.9 Å². The van der Waals surface area contributed by atoms with Crippen LogP contribution in [0.25, 0.3) is 10.9 Å². The lowest BCUT2D eigenvalue weighted by molar-refractivity contribution is -0.134. The highest BCUT2D eigenvalue weighted by atomic mass is 35.5. The van der Waals surface area contributed by atoms with Crippen molar-refractivity contribution in [2.75, 3.05) is 25.6 Å². The van der Waals surface area contributed by atoms with Gasteiger partial charge in [0.25, 0.3) is 0 Å². The molecule has 0 saturated carbocycles. The molecule has 3 heterocycles. The van der Waals surface area contributed by atoms with Gasteiger partial charge in [0.15, 0.2) is 0 Å². The Morgan fingerprint density at radius 1 is 1.33 bits per heavy atom. The second-order valence-corrected chi connectivity index (χ2v) is 8.17. The first-order valence-electron chi connectivity index (χ1n) is 9.75. The number of nitrogens with one attached hydrogen (secondary N) is 2. The van der Waals surface area contributed by atoms with Crippen molar-refractivity contribution in [2.45, 2.75) is 38.4 Å². The van der Waals surface area contributed by atoms with Gasteiger partial charge in [-0.15, -0.1) is 0 Å². The van der Waals surface area contributed by atoms with E-state index < -0.39 is 12.6 Å². The minimum absolute atomic E-state index is 0.0803. The molecule has 10 heteroatoms. The molecule has 1 aromatic carbocycles. The number of fused-ring (bicyclic) bond motifs is 3. The van der Waals surface area contributed by atoms with Gasteiger partial charge in [0, 0.05) is 24.0 Å². The van der Waals surface area contributed by atoms with Gasteiger partial charge in [-0.25, -0.2) is 4.98 Å². The van der Waals surface area contributed by atoms with Gasteiger partial charge in [-0.1, -0.05) is 23.2 Å². The number of anilines is 1. The topological polar surface area (TPSA) is 104 Å². The first-order chi connectivity index (χ1) is 14.4. The number of pyridine rings is 1. The van der Waals surface area contributed by atoms with Crippen LogP contribution < -0.4 is 15.4 Å². The van der Waals surface area contributed by atoms with Crippen LogP contribution in [0.15, 0.2) is 6.07 Å². The Bertz CT molecular complexity index is 1030. The standard InChI is InChI=1S/C20H22Cl2N4O4/c1-30-14-6-10-11-7-26(15(28)9-27)8-12(11)19(25-18(10)17(22)16(14)21)24-13-4-2-3-5-23-20(13)29/h6,13,27H,2-5,7-9H2,1H3,(H,23,29)(H,24,25)/t13-/m0/s1. The van der Waals surface area contributed by atoms with E-state index in [4.69, 9.17) is 32.9 Å². The zero-order valence-corrected chi connectivity index (χ0v) is 17.9. The molecule has 3 N–H and O–H groups in total. The predicted octanol–water partition coefficient (Wildman–Crippen LogP) is 2.47. The molecule has 1 saturated heterocycles. The van der Waals surface area contributed by atoms with Crippen LogP contribution >= 0.6 is 23.2 Å². The molecule has 0 radical (unpaired) electrons. The minimum atomic E-state index is -0.580. The van der Waals surface area contributed by atoms with Crippen LogP contribution in [0.2, 0.25) is 10.0 Å². The number of methoxy groups -OCH3 is 1. The van der Waals surface area contributed by atoms with Gasteiger partial charge >= 0.3 is 0 Å². The number of aliphatic hydroxyl groups is 1.